The second kappa shape index (κ2) is 6.33. The zero-order chi connectivity index (χ0) is 12.8. The predicted molar refractivity (Wildman–Crippen MR) is 71.6 cm³/mol. The van der Waals surface area contributed by atoms with Crippen LogP contribution in [0.1, 0.15) is 15.2 Å². The SMILES string of the molecule is COCCOc1ccc(C(=O)c2cccs2)cc1. The number of thiophene rings is 1. The van der Waals surface area contributed by atoms with Crippen LogP contribution in [0, 0.1) is 0 Å². The molecule has 0 aliphatic carbocycles. The zero-order valence-corrected chi connectivity index (χ0v) is 10.9. The molecule has 18 heavy (non-hydrogen) atoms. The normalized spacial score (nSPS) is 10.3. The van der Waals surface area contributed by atoms with Gasteiger partial charge in [0.1, 0.15) is 12.4 Å². The van der Waals surface area contributed by atoms with Crippen molar-refractivity contribution in [2.45, 2.75) is 0 Å². The molecule has 0 radical (unpaired) electrons. The summed E-state index contributed by atoms with van der Waals surface area (Å²) in [6.07, 6.45) is 0. The predicted octanol–water partition coefficient (Wildman–Crippen LogP) is 3.00. The Kier molecular flexibility index (Phi) is 4.50. The topological polar surface area (TPSA) is 35.5 Å². The van der Waals surface area contributed by atoms with E-state index in [9.17, 15) is 4.79 Å². The summed E-state index contributed by atoms with van der Waals surface area (Å²) in [6.45, 7) is 1.06. The summed E-state index contributed by atoms with van der Waals surface area (Å²) in [4.78, 5) is 12.8. The number of methoxy groups -OCH3 is 1. The van der Waals surface area contributed by atoms with E-state index in [0.29, 0.717) is 18.8 Å². The molecule has 94 valence electrons. The van der Waals surface area contributed by atoms with E-state index in [0.717, 1.165) is 10.6 Å². The molecule has 0 aliphatic rings. The summed E-state index contributed by atoms with van der Waals surface area (Å²) in [5, 5.41) is 1.90. The lowest BCUT2D eigenvalue weighted by Gasteiger charge is -2.05. The highest BCUT2D eigenvalue weighted by molar-refractivity contribution is 7.12. The highest BCUT2D eigenvalue weighted by atomic mass is 32.1. The third kappa shape index (κ3) is 3.18. The molecule has 0 fully saturated rings. The molecule has 0 saturated heterocycles. The summed E-state index contributed by atoms with van der Waals surface area (Å²) in [5.41, 5.74) is 0.677. The maximum absolute atomic E-state index is 12.0. The van der Waals surface area contributed by atoms with Crippen LogP contribution in [0.15, 0.2) is 41.8 Å². The lowest BCUT2D eigenvalue weighted by atomic mass is 10.1. The minimum absolute atomic E-state index is 0.0495. The van der Waals surface area contributed by atoms with Crippen LogP contribution in [0.2, 0.25) is 0 Å². The fourth-order valence-corrected chi connectivity index (χ4v) is 2.18. The summed E-state index contributed by atoms with van der Waals surface area (Å²) in [5.74, 6) is 0.795. The standard InChI is InChI=1S/C14H14O3S/c1-16-8-9-17-12-6-4-11(5-7-12)14(15)13-3-2-10-18-13/h2-7,10H,8-9H2,1H3. The van der Waals surface area contributed by atoms with Gasteiger partial charge in [0.25, 0.3) is 0 Å². The van der Waals surface area contributed by atoms with Gasteiger partial charge >= 0.3 is 0 Å². The average Bonchev–Trinajstić information content (AvgIpc) is 2.93. The van der Waals surface area contributed by atoms with Gasteiger partial charge in [-0.05, 0) is 35.7 Å². The number of hydrogen-bond acceptors (Lipinski definition) is 4. The van der Waals surface area contributed by atoms with Gasteiger partial charge in [-0.2, -0.15) is 0 Å². The number of ether oxygens (including phenoxy) is 2. The van der Waals surface area contributed by atoms with Gasteiger partial charge in [-0.1, -0.05) is 6.07 Å². The zero-order valence-electron chi connectivity index (χ0n) is 10.1. The molecule has 1 aromatic carbocycles. The maximum atomic E-state index is 12.0. The second-order valence-electron chi connectivity index (χ2n) is 3.67. The second-order valence-corrected chi connectivity index (χ2v) is 4.62. The molecule has 4 heteroatoms. The van der Waals surface area contributed by atoms with E-state index in [-0.39, 0.29) is 5.78 Å². The molecule has 0 unspecified atom stereocenters. The summed E-state index contributed by atoms with van der Waals surface area (Å²) < 4.78 is 10.3. The molecule has 1 aromatic heterocycles. The van der Waals surface area contributed by atoms with Gasteiger partial charge in [-0.25, -0.2) is 0 Å². The van der Waals surface area contributed by atoms with E-state index in [1.54, 1.807) is 31.4 Å². The quantitative estimate of drug-likeness (QED) is 0.593. The number of ketones is 1. The number of carbonyl (C=O) groups excluding carboxylic acids is 1. The Labute approximate surface area is 110 Å². The van der Waals surface area contributed by atoms with E-state index in [4.69, 9.17) is 9.47 Å². The number of benzene rings is 1. The van der Waals surface area contributed by atoms with Gasteiger partial charge in [0.15, 0.2) is 0 Å². The first-order valence-electron chi connectivity index (χ1n) is 5.61. The van der Waals surface area contributed by atoms with Gasteiger partial charge in [-0.3, -0.25) is 4.79 Å². The van der Waals surface area contributed by atoms with Gasteiger partial charge in [0.05, 0.1) is 11.5 Å². The Hall–Kier alpha value is -1.65. The van der Waals surface area contributed by atoms with Crippen LogP contribution >= 0.6 is 11.3 Å². The summed E-state index contributed by atoms with van der Waals surface area (Å²) in [7, 11) is 1.63. The Morgan fingerprint density at radius 1 is 1.17 bits per heavy atom. The van der Waals surface area contributed by atoms with Crippen molar-refractivity contribution in [1.29, 1.82) is 0 Å². The average molecular weight is 262 g/mol. The number of hydrogen-bond donors (Lipinski definition) is 0. The van der Waals surface area contributed by atoms with Gasteiger partial charge in [0, 0.05) is 12.7 Å². The van der Waals surface area contributed by atoms with Crippen LogP contribution in [0.25, 0.3) is 0 Å². The molecule has 0 saturated carbocycles. The molecule has 2 rings (SSSR count). The van der Waals surface area contributed by atoms with E-state index in [1.165, 1.54) is 11.3 Å². The summed E-state index contributed by atoms with van der Waals surface area (Å²) in [6, 6.07) is 10.9. The molecule has 0 spiro atoms. The summed E-state index contributed by atoms with van der Waals surface area (Å²) >= 11 is 1.45. The molecule has 0 bridgehead atoms. The van der Waals surface area contributed by atoms with Gasteiger partial charge < -0.3 is 9.47 Å². The van der Waals surface area contributed by atoms with Crippen LogP contribution in [0.4, 0.5) is 0 Å². The minimum Gasteiger partial charge on any atom is -0.491 e. The van der Waals surface area contributed by atoms with E-state index < -0.39 is 0 Å². The fraction of sp³-hybridized carbons (Fsp3) is 0.214. The van der Waals surface area contributed by atoms with Gasteiger partial charge in [0.2, 0.25) is 5.78 Å². The lowest BCUT2D eigenvalue weighted by molar-refractivity contribution is 0.104. The van der Waals surface area contributed by atoms with Gasteiger partial charge in [-0.15, -0.1) is 11.3 Å². The highest BCUT2D eigenvalue weighted by Gasteiger charge is 2.09. The lowest BCUT2D eigenvalue weighted by Crippen LogP contribution is -2.04. The Morgan fingerprint density at radius 3 is 2.56 bits per heavy atom. The van der Waals surface area contributed by atoms with Crippen molar-refractivity contribution in [1.82, 2.24) is 0 Å². The number of rotatable bonds is 6. The fourth-order valence-electron chi connectivity index (χ4n) is 1.50. The van der Waals surface area contributed by atoms with Crippen molar-refractivity contribution in [2.24, 2.45) is 0 Å². The molecule has 2 aromatic rings. The Balaban J connectivity index is 2.01. The van der Waals surface area contributed by atoms with Crippen LogP contribution in [-0.4, -0.2) is 26.1 Å². The first-order chi connectivity index (χ1) is 8.81. The smallest absolute Gasteiger partial charge is 0.202 e. The minimum atomic E-state index is 0.0495. The number of carbonyl (C=O) groups is 1. The van der Waals surface area contributed by atoms with Crippen molar-refractivity contribution < 1.29 is 14.3 Å². The first kappa shape index (κ1) is 12.8. The highest BCUT2D eigenvalue weighted by Crippen LogP contribution is 2.18. The van der Waals surface area contributed by atoms with E-state index in [2.05, 4.69) is 0 Å². The van der Waals surface area contributed by atoms with Crippen molar-refractivity contribution in [3.63, 3.8) is 0 Å². The van der Waals surface area contributed by atoms with Crippen molar-refractivity contribution in [3.05, 3.63) is 52.2 Å². The Morgan fingerprint density at radius 2 is 1.94 bits per heavy atom. The molecular formula is C14H14O3S. The van der Waals surface area contributed by atoms with Crippen LogP contribution in [-0.2, 0) is 4.74 Å². The monoisotopic (exact) mass is 262 g/mol. The van der Waals surface area contributed by atoms with Crippen molar-refractivity contribution >= 4 is 17.1 Å². The van der Waals surface area contributed by atoms with Crippen molar-refractivity contribution in [2.75, 3.05) is 20.3 Å². The Bertz CT molecular complexity index is 488. The molecule has 0 aliphatic heterocycles. The molecule has 3 nitrogen and oxygen atoms in total. The first-order valence-corrected chi connectivity index (χ1v) is 6.49. The molecule has 0 atom stereocenters. The molecule has 1 heterocycles. The van der Waals surface area contributed by atoms with Crippen LogP contribution in [0.5, 0.6) is 5.75 Å². The van der Waals surface area contributed by atoms with Crippen LogP contribution < -0.4 is 4.74 Å². The van der Waals surface area contributed by atoms with Crippen LogP contribution in [0.3, 0.4) is 0 Å². The largest absolute Gasteiger partial charge is 0.491 e. The molecule has 0 amide bonds. The maximum Gasteiger partial charge on any atom is 0.202 e. The van der Waals surface area contributed by atoms with E-state index in [1.807, 2.05) is 17.5 Å². The molecule has 0 N–H and O–H groups in total. The third-order valence-corrected chi connectivity index (χ3v) is 3.29. The molecular weight excluding hydrogens is 248 g/mol. The van der Waals surface area contributed by atoms with Crippen molar-refractivity contribution in [3.8, 4) is 5.75 Å². The van der Waals surface area contributed by atoms with E-state index >= 15 is 0 Å². The third-order valence-electron chi connectivity index (χ3n) is 2.42.